The molecule has 0 aliphatic carbocycles. The van der Waals surface area contributed by atoms with Crippen LogP contribution < -0.4 is 4.74 Å². The van der Waals surface area contributed by atoms with Crippen LogP contribution in [0, 0.1) is 0 Å². The summed E-state index contributed by atoms with van der Waals surface area (Å²) in [6, 6.07) is 7.80. The number of likely N-dealkylation sites (tertiary alicyclic amines) is 1. The zero-order chi connectivity index (χ0) is 17.4. The van der Waals surface area contributed by atoms with Crippen molar-refractivity contribution in [1.29, 1.82) is 0 Å². The molecule has 142 valence electrons. The molecule has 4 heterocycles. The lowest BCUT2D eigenvalue weighted by atomic mass is 9.85. The van der Waals surface area contributed by atoms with Crippen LogP contribution in [0.15, 0.2) is 18.2 Å². The van der Waals surface area contributed by atoms with Crippen LogP contribution in [0.2, 0.25) is 0 Å². The minimum absolute atomic E-state index is 0.0861. The normalized spacial score (nSPS) is 32.7. The quantitative estimate of drug-likeness (QED) is 0.784. The van der Waals surface area contributed by atoms with Gasteiger partial charge in [0.05, 0.1) is 0 Å². The number of nitrogens with zero attached hydrogens (tertiary/aromatic N) is 2. The number of hydrogen-bond donors (Lipinski definition) is 0. The molecule has 2 unspecified atom stereocenters. The molecule has 0 amide bonds. The zero-order valence-corrected chi connectivity index (χ0v) is 16.2. The summed E-state index contributed by atoms with van der Waals surface area (Å²) in [5.41, 5.74) is 3.05. The van der Waals surface area contributed by atoms with Gasteiger partial charge in [-0.25, -0.2) is 0 Å². The van der Waals surface area contributed by atoms with Gasteiger partial charge in [-0.15, -0.1) is 0 Å². The number of benzene rings is 1. The number of hydrogen-bond acceptors (Lipinski definition) is 3. The Bertz CT molecular complexity index is 639. The average Bonchev–Trinajstić information content (AvgIpc) is 2.90. The van der Waals surface area contributed by atoms with Crippen molar-refractivity contribution >= 4 is 0 Å². The van der Waals surface area contributed by atoms with Crippen LogP contribution in [0.4, 0.5) is 0 Å². The predicted octanol–water partition coefficient (Wildman–Crippen LogP) is 4.38. The first-order valence-corrected chi connectivity index (χ1v) is 11.1. The van der Waals surface area contributed by atoms with E-state index in [1.165, 1.54) is 101 Å². The van der Waals surface area contributed by atoms with Gasteiger partial charge in [0.15, 0.2) is 0 Å². The molecule has 1 spiro atoms. The first-order valence-electron chi connectivity index (χ1n) is 11.1. The minimum Gasteiger partial charge on any atom is -0.487 e. The van der Waals surface area contributed by atoms with E-state index in [2.05, 4.69) is 28.0 Å². The van der Waals surface area contributed by atoms with Crippen molar-refractivity contribution in [3.8, 4) is 5.75 Å². The summed E-state index contributed by atoms with van der Waals surface area (Å²) in [5.74, 6) is 1.18. The second-order valence-electron chi connectivity index (χ2n) is 9.23. The van der Waals surface area contributed by atoms with Gasteiger partial charge in [-0.3, -0.25) is 4.90 Å². The topological polar surface area (TPSA) is 15.7 Å². The molecule has 0 bridgehead atoms. The standard InChI is InChI=1S/C23H34N2O/c1-3-11-24(12-4-1)18-19-8-9-22-20(15-19)16-23(26-22)10-6-14-25-13-5-2-7-21(25)17-23/h8-9,15,21H,1-7,10-14,16-18H2. The van der Waals surface area contributed by atoms with Crippen molar-refractivity contribution in [1.82, 2.24) is 9.80 Å². The first kappa shape index (κ1) is 17.1. The summed E-state index contributed by atoms with van der Waals surface area (Å²) in [6.07, 6.45) is 13.2. The highest BCUT2D eigenvalue weighted by atomic mass is 16.5. The molecule has 0 radical (unpaired) electrons. The van der Waals surface area contributed by atoms with Crippen LogP contribution in [-0.4, -0.2) is 47.6 Å². The van der Waals surface area contributed by atoms with E-state index in [1.807, 2.05) is 0 Å². The van der Waals surface area contributed by atoms with E-state index in [0.717, 1.165) is 19.0 Å². The van der Waals surface area contributed by atoms with Gasteiger partial charge >= 0.3 is 0 Å². The van der Waals surface area contributed by atoms with Crippen molar-refractivity contribution in [3.63, 3.8) is 0 Å². The van der Waals surface area contributed by atoms with Crippen LogP contribution in [-0.2, 0) is 13.0 Å². The molecule has 3 nitrogen and oxygen atoms in total. The SMILES string of the molecule is c1cc2c(cc1CN1CCCCC1)CC1(CCCN3CCCCC3C1)O2. The summed E-state index contributed by atoms with van der Waals surface area (Å²) < 4.78 is 6.67. The van der Waals surface area contributed by atoms with E-state index in [0.29, 0.717) is 0 Å². The fourth-order valence-corrected chi connectivity index (χ4v) is 5.94. The summed E-state index contributed by atoms with van der Waals surface area (Å²) >= 11 is 0. The van der Waals surface area contributed by atoms with E-state index < -0.39 is 0 Å². The Kier molecular flexibility index (Phi) is 4.70. The van der Waals surface area contributed by atoms with Crippen molar-refractivity contribution in [2.45, 2.75) is 82.4 Å². The second kappa shape index (κ2) is 7.16. The molecule has 4 aliphatic rings. The number of fused-ring (bicyclic) bond motifs is 2. The van der Waals surface area contributed by atoms with Crippen molar-refractivity contribution in [2.24, 2.45) is 0 Å². The number of rotatable bonds is 2. The van der Waals surface area contributed by atoms with E-state index in [1.54, 1.807) is 0 Å². The lowest BCUT2D eigenvalue weighted by Gasteiger charge is -2.37. The van der Waals surface area contributed by atoms with Crippen LogP contribution in [0.3, 0.4) is 0 Å². The highest BCUT2D eigenvalue weighted by Gasteiger charge is 2.44. The second-order valence-corrected chi connectivity index (χ2v) is 9.23. The first-order chi connectivity index (χ1) is 12.8. The fourth-order valence-electron chi connectivity index (χ4n) is 5.94. The van der Waals surface area contributed by atoms with E-state index in [-0.39, 0.29) is 5.60 Å². The van der Waals surface area contributed by atoms with E-state index in [4.69, 9.17) is 4.74 Å². The third-order valence-electron chi connectivity index (χ3n) is 7.25. The molecular weight excluding hydrogens is 320 g/mol. The maximum Gasteiger partial charge on any atom is 0.123 e. The van der Waals surface area contributed by atoms with Crippen molar-refractivity contribution in [3.05, 3.63) is 29.3 Å². The molecule has 0 N–H and O–H groups in total. The average molecular weight is 355 g/mol. The van der Waals surface area contributed by atoms with Crippen molar-refractivity contribution in [2.75, 3.05) is 26.2 Å². The molecule has 5 rings (SSSR count). The Labute approximate surface area is 158 Å². The van der Waals surface area contributed by atoms with Gasteiger partial charge in [0.1, 0.15) is 11.4 Å². The van der Waals surface area contributed by atoms with Crippen molar-refractivity contribution < 1.29 is 4.74 Å². The molecule has 2 atom stereocenters. The Morgan fingerprint density at radius 2 is 1.81 bits per heavy atom. The summed E-state index contributed by atoms with van der Waals surface area (Å²) in [7, 11) is 0. The van der Waals surface area contributed by atoms with Gasteiger partial charge in [0.25, 0.3) is 0 Å². The molecule has 3 saturated heterocycles. The monoisotopic (exact) mass is 354 g/mol. The Hall–Kier alpha value is -1.06. The predicted molar refractivity (Wildman–Crippen MR) is 106 cm³/mol. The largest absolute Gasteiger partial charge is 0.487 e. The molecule has 3 fully saturated rings. The number of ether oxygens (including phenoxy) is 1. The van der Waals surface area contributed by atoms with E-state index >= 15 is 0 Å². The zero-order valence-electron chi connectivity index (χ0n) is 16.2. The van der Waals surface area contributed by atoms with E-state index in [9.17, 15) is 0 Å². The lowest BCUT2D eigenvalue weighted by molar-refractivity contribution is 0.0496. The maximum atomic E-state index is 6.67. The molecule has 0 aromatic heterocycles. The van der Waals surface area contributed by atoms with Crippen LogP contribution in [0.25, 0.3) is 0 Å². The van der Waals surface area contributed by atoms with Gasteiger partial charge in [0.2, 0.25) is 0 Å². The Morgan fingerprint density at radius 1 is 0.962 bits per heavy atom. The molecule has 0 saturated carbocycles. The summed E-state index contributed by atoms with van der Waals surface area (Å²) in [5, 5.41) is 0. The van der Waals surface area contributed by atoms with Gasteiger partial charge in [-0.1, -0.05) is 25.0 Å². The minimum atomic E-state index is 0.0861. The molecule has 3 heteroatoms. The highest BCUT2D eigenvalue weighted by molar-refractivity contribution is 5.42. The highest BCUT2D eigenvalue weighted by Crippen LogP contribution is 2.44. The fraction of sp³-hybridized carbons (Fsp3) is 0.739. The molecular formula is C23H34N2O. The molecule has 1 aromatic rings. The third kappa shape index (κ3) is 3.41. The summed E-state index contributed by atoms with van der Waals surface area (Å²) in [6.45, 7) is 6.26. The van der Waals surface area contributed by atoms with Crippen LogP contribution in [0.1, 0.15) is 68.9 Å². The van der Waals surface area contributed by atoms with Crippen LogP contribution >= 0.6 is 0 Å². The molecule has 1 aromatic carbocycles. The van der Waals surface area contributed by atoms with Gasteiger partial charge in [0, 0.05) is 25.4 Å². The summed E-state index contributed by atoms with van der Waals surface area (Å²) in [4.78, 5) is 5.38. The molecule has 4 aliphatic heterocycles. The van der Waals surface area contributed by atoms with Gasteiger partial charge in [-0.2, -0.15) is 0 Å². The Morgan fingerprint density at radius 3 is 2.73 bits per heavy atom. The maximum absolute atomic E-state index is 6.67. The molecule has 26 heavy (non-hydrogen) atoms. The number of piperidine rings is 2. The smallest absolute Gasteiger partial charge is 0.123 e. The van der Waals surface area contributed by atoms with Crippen LogP contribution in [0.5, 0.6) is 5.75 Å². The van der Waals surface area contributed by atoms with Gasteiger partial charge < -0.3 is 9.64 Å². The van der Waals surface area contributed by atoms with Gasteiger partial charge in [-0.05, 0) is 81.9 Å². The lowest BCUT2D eigenvalue weighted by Crippen LogP contribution is -2.44. The third-order valence-corrected chi connectivity index (χ3v) is 7.25. The Balaban J connectivity index is 1.30.